The molecule has 0 radical (unpaired) electrons. The lowest BCUT2D eigenvalue weighted by Gasteiger charge is -2.15. The number of hydrogen-bond acceptors (Lipinski definition) is 5. The Morgan fingerprint density at radius 3 is 2.94 bits per heavy atom. The standard InChI is InChI=1S/C10H16N4O2S/c1-6(4-7-2-3-7)14-9(11)12-13-10(14)17-5-8(15)16/h6-7H,2-5H2,1H3,(H2,11,12)(H,15,16). The molecule has 0 aliphatic heterocycles. The Kier molecular flexibility index (Phi) is 3.56. The number of nitrogens with two attached hydrogens (primary N) is 1. The minimum atomic E-state index is -0.863. The second-order valence-corrected chi connectivity index (χ2v) is 5.36. The van der Waals surface area contributed by atoms with E-state index in [1.54, 1.807) is 0 Å². The summed E-state index contributed by atoms with van der Waals surface area (Å²) >= 11 is 1.16. The second-order valence-electron chi connectivity index (χ2n) is 4.42. The summed E-state index contributed by atoms with van der Waals surface area (Å²) in [4.78, 5) is 10.5. The van der Waals surface area contributed by atoms with Crippen LogP contribution in [0.15, 0.2) is 5.16 Å². The van der Waals surface area contributed by atoms with E-state index in [1.165, 1.54) is 12.8 Å². The van der Waals surface area contributed by atoms with Crippen molar-refractivity contribution in [2.45, 2.75) is 37.4 Å². The maximum absolute atomic E-state index is 10.5. The van der Waals surface area contributed by atoms with Crippen LogP contribution in [-0.4, -0.2) is 31.6 Å². The van der Waals surface area contributed by atoms with E-state index in [9.17, 15) is 4.79 Å². The van der Waals surface area contributed by atoms with Crippen molar-refractivity contribution < 1.29 is 9.90 Å². The lowest BCUT2D eigenvalue weighted by Crippen LogP contribution is -2.11. The van der Waals surface area contributed by atoms with Gasteiger partial charge < -0.3 is 10.8 Å². The summed E-state index contributed by atoms with van der Waals surface area (Å²) in [6.07, 6.45) is 3.62. The predicted octanol–water partition coefficient (Wildman–Crippen LogP) is 1.40. The van der Waals surface area contributed by atoms with E-state index < -0.39 is 5.97 Å². The molecule has 1 fully saturated rings. The van der Waals surface area contributed by atoms with Crippen LogP contribution in [0.25, 0.3) is 0 Å². The second kappa shape index (κ2) is 4.95. The van der Waals surface area contributed by atoms with Crippen LogP contribution in [0.3, 0.4) is 0 Å². The highest BCUT2D eigenvalue weighted by atomic mass is 32.2. The van der Waals surface area contributed by atoms with E-state index in [0.717, 1.165) is 24.1 Å². The van der Waals surface area contributed by atoms with Crippen LogP contribution in [0.1, 0.15) is 32.2 Å². The summed E-state index contributed by atoms with van der Waals surface area (Å²) in [5, 5.41) is 17.0. The highest BCUT2D eigenvalue weighted by Crippen LogP contribution is 2.38. The molecular weight excluding hydrogens is 240 g/mol. The topological polar surface area (TPSA) is 94.0 Å². The van der Waals surface area contributed by atoms with E-state index in [4.69, 9.17) is 10.8 Å². The van der Waals surface area contributed by atoms with Crippen LogP contribution in [0.4, 0.5) is 5.95 Å². The Bertz CT molecular complexity index is 416. The molecule has 0 aromatic carbocycles. The van der Waals surface area contributed by atoms with Gasteiger partial charge in [0.1, 0.15) is 0 Å². The normalized spacial score (nSPS) is 17.0. The molecule has 0 spiro atoms. The number of carboxylic acid groups (broad SMARTS) is 1. The van der Waals surface area contributed by atoms with E-state index in [2.05, 4.69) is 17.1 Å². The molecule has 3 N–H and O–H groups in total. The summed E-state index contributed by atoms with van der Waals surface area (Å²) in [5.41, 5.74) is 5.77. The van der Waals surface area contributed by atoms with Crippen molar-refractivity contribution >= 4 is 23.7 Å². The fourth-order valence-corrected chi connectivity index (χ4v) is 2.63. The first-order chi connectivity index (χ1) is 8.08. The zero-order chi connectivity index (χ0) is 12.4. The molecule has 1 atom stereocenters. The smallest absolute Gasteiger partial charge is 0.313 e. The molecule has 0 bridgehead atoms. The van der Waals surface area contributed by atoms with Crippen molar-refractivity contribution in [1.82, 2.24) is 14.8 Å². The van der Waals surface area contributed by atoms with Crippen molar-refractivity contribution in [2.24, 2.45) is 5.92 Å². The minimum absolute atomic E-state index is 0.0196. The Hall–Kier alpha value is -1.24. The van der Waals surface area contributed by atoms with Gasteiger partial charge in [-0.15, -0.1) is 10.2 Å². The van der Waals surface area contributed by atoms with E-state index in [0.29, 0.717) is 11.1 Å². The zero-order valence-electron chi connectivity index (χ0n) is 9.67. The van der Waals surface area contributed by atoms with Gasteiger partial charge in [-0.1, -0.05) is 24.6 Å². The zero-order valence-corrected chi connectivity index (χ0v) is 10.5. The average molecular weight is 256 g/mol. The van der Waals surface area contributed by atoms with Gasteiger partial charge in [0.2, 0.25) is 5.95 Å². The molecule has 1 aromatic rings. The molecule has 6 nitrogen and oxygen atoms in total. The molecule has 17 heavy (non-hydrogen) atoms. The number of carboxylic acids is 1. The van der Waals surface area contributed by atoms with Crippen LogP contribution in [0, 0.1) is 5.92 Å². The number of anilines is 1. The summed E-state index contributed by atoms with van der Waals surface area (Å²) < 4.78 is 1.84. The summed E-state index contributed by atoms with van der Waals surface area (Å²) in [5.74, 6) is 0.266. The molecule has 1 unspecified atom stereocenters. The number of thioether (sulfide) groups is 1. The Morgan fingerprint density at radius 2 is 2.35 bits per heavy atom. The van der Waals surface area contributed by atoms with Gasteiger partial charge in [0.05, 0.1) is 5.75 Å². The third kappa shape index (κ3) is 3.12. The fraction of sp³-hybridized carbons (Fsp3) is 0.700. The van der Waals surface area contributed by atoms with Crippen molar-refractivity contribution in [3.05, 3.63) is 0 Å². The molecule has 0 amide bonds. The SMILES string of the molecule is CC(CC1CC1)n1c(N)nnc1SCC(=O)O. The molecule has 1 heterocycles. The monoisotopic (exact) mass is 256 g/mol. The number of carbonyl (C=O) groups is 1. The van der Waals surface area contributed by atoms with Gasteiger partial charge in [-0.05, 0) is 19.3 Å². The third-order valence-corrected chi connectivity index (χ3v) is 3.76. The van der Waals surface area contributed by atoms with E-state index in [-0.39, 0.29) is 11.8 Å². The number of rotatable bonds is 6. The minimum Gasteiger partial charge on any atom is -0.481 e. The van der Waals surface area contributed by atoms with Crippen LogP contribution < -0.4 is 5.73 Å². The summed E-state index contributed by atoms with van der Waals surface area (Å²) in [7, 11) is 0. The van der Waals surface area contributed by atoms with E-state index in [1.807, 2.05) is 4.57 Å². The highest BCUT2D eigenvalue weighted by Gasteiger charge is 2.26. The number of nitrogen functional groups attached to an aromatic ring is 1. The molecule has 7 heteroatoms. The van der Waals surface area contributed by atoms with Gasteiger partial charge in [0.15, 0.2) is 5.16 Å². The molecular formula is C10H16N4O2S. The third-order valence-electron chi connectivity index (χ3n) is 2.83. The number of hydrogen-bond donors (Lipinski definition) is 2. The largest absolute Gasteiger partial charge is 0.481 e. The highest BCUT2D eigenvalue weighted by molar-refractivity contribution is 7.99. The molecule has 0 saturated heterocycles. The van der Waals surface area contributed by atoms with Gasteiger partial charge in [-0.2, -0.15) is 0 Å². The molecule has 94 valence electrons. The van der Waals surface area contributed by atoms with Gasteiger partial charge in [0, 0.05) is 6.04 Å². The Balaban J connectivity index is 2.07. The molecule has 1 aliphatic rings. The van der Waals surface area contributed by atoms with Crippen LogP contribution in [-0.2, 0) is 4.79 Å². The van der Waals surface area contributed by atoms with Gasteiger partial charge >= 0.3 is 5.97 Å². The van der Waals surface area contributed by atoms with Gasteiger partial charge in [-0.25, -0.2) is 0 Å². The lowest BCUT2D eigenvalue weighted by molar-refractivity contribution is -0.133. The van der Waals surface area contributed by atoms with Crippen molar-refractivity contribution in [2.75, 3.05) is 11.5 Å². The number of aromatic nitrogens is 3. The van der Waals surface area contributed by atoms with Crippen LogP contribution in [0.2, 0.25) is 0 Å². The molecule has 1 saturated carbocycles. The number of nitrogens with zero attached hydrogens (tertiary/aromatic N) is 3. The molecule has 1 aromatic heterocycles. The van der Waals surface area contributed by atoms with Crippen LogP contribution >= 0.6 is 11.8 Å². The van der Waals surface area contributed by atoms with Crippen molar-refractivity contribution in [3.8, 4) is 0 Å². The first-order valence-corrected chi connectivity index (χ1v) is 6.61. The average Bonchev–Trinajstić information content (AvgIpc) is 2.97. The summed E-state index contributed by atoms with van der Waals surface area (Å²) in [6.45, 7) is 2.07. The lowest BCUT2D eigenvalue weighted by atomic mass is 10.1. The van der Waals surface area contributed by atoms with Crippen molar-refractivity contribution in [3.63, 3.8) is 0 Å². The van der Waals surface area contributed by atoms with Crippen molar-refractivity contribution in [1.29, 1.82) is 0 Å². The Morgan fingerprint density at radius 1 is 1.65 bits per heavy atom. The molecule has 1 aliphatic carbocycles. The summed E-state index contributed by atoms with van der Waals surface area (Å²) in [6, 6.07) is 0.230. The Labute approximate surface area is 104 Å². The van der Waals surface area contributed by atoms with Crippen LogP contribution in [0.5, 0.6) is 0 Å². The maximum atomic E-state index is 10.5. The molecule has 2 rings (SSSR count). The van der Waals surface area contributed by atoms with Gasteiger partial charge in [-0.3, -0.25) is 9.36 Å². The first-order valence-electron chi connectivity index (χ1n) is 5.63. The number of aliphatic carboxylic acids is 1. The van der Waals surface area contributed by atoms with Gasteiger partial charge in [0.25, 0.3) is 0 Å². The quantitative estimate of drug-likeness (QED) is 0.747. The maximum Gasteiger partial charge on any atom is 0.313 e. The predicted molar refractivity (Wildman–Crippen MR) is 64.8 cm³/mol. The fourth-order valence-electron chi connectivity index (χ4n) is 1.87. The van der Waals surface area contributed by atoms with E-state index >= 15 is 0 Å². The first kappa shape index (κ1) is 12.2.